The fourth-order valence-corrected chi connectivity index (χ4v) is 7.15. The molecule has 0 saturated heterocycles. The molecule has 5 heterocycles. The van der Waals surface area contributed by atoms with Crippen LogP contribution in [0.25, 0.3) is 90.9 Å². The van der Waals surface area contributed by atoms with E-state index in [4.69, 9.17) is 19.9 Å². The van der Waals surface area contributed by atoms with E-state index in [-0.39, 0.29) is 27.5 Å². The smallest absolute Gasteiger partial charge is 0.657 e. The van der Waals surface area contributed by atoms with Gasteiger partial charge in [-0.3, -0.25) is 0 Å². The summed E-state index contributed by atoms with van der Waals surface area (Å²) < 4.78 is 0. The van der Waals surface area contributed by atoms with Crippen LogP contribution in [0.2, 0.25) is 0 Å². The average molecular weight is 876 g/mol. The molecule has 4 nitrogen and oxygen atoms in total. The number of hydrogen-bond acceptors (Lipinski definition) is 2. The van der Waals surface area contributed by atoms with Gasteiger partial charge in [-0.05, 0) is 96.5 Å². The van der Waals surface area contributed by atoms with E-state index < -0.39 is 0 Å². The molecule has 0 amide bonds. The van der Waals surface area contributed by atoms with Crippen LogP contribution in [0.15, 0.2) is 121 Å². The van der Waals surface area contributed by atoms with Gasteiger partial charge in [0.15, 0.2) is 0 Å². The largest absolute Gasteiger partial charge is 3.00 e. The fourth-order valence-electron chi connectivity index (χ4n) is 7.15. The summed E-state index contributed by atoms with van der Waals surface area (Å²) >= 11 is 0. The molecule has 0 aliphatic carbocycles. The SMILES string of the molecule is Cc1ccc(-c2c3nc(c(-c4ccc(C)cc4)c4ccc([n-]4)c(-c4ccc(C)cc4)c4nc(c(-c5ccc(C)cc5)c5ccc2[n-]5)C=C4)C=C3)cc1.[CH3-].[Ir+3]. The minimum Gasteiger partial charge on any atom is -0.657 e. The van der Waals surface area contributed by atoms with E-state index in [1.54, 1.807) is 0 Å². The second-order valence-corrected chi connectivity index (χ2v) is 13.8. The van der Waals surface area contributed by atoms with Gasteiger partial charge in [0.25, 0.3) is 0 Å². The first-order valence-corrected chi connectivity index (χ1v) is 17.7. The van der Waals surface area contributed by atoms with Gasteiger partial charge in [-0.1, -0.05) is 144 Å². The van der Waals surface area contributed by atoms with Crippen molar-refractivity contribution < 1.29 is 20.1 Å². The Morgan fingerprint density at radius 2 is 0.519 bits per heavy atom. The van der Waals surface area contributed by atoms with Crippen LogP contribution in [0.1, 0.15) is 45.0 Å². The van der Waals surface area contributed by atoms with Crippen molar-refractivity contribution in [2.75, 3.05) is 0 Å². The van der Waals surface area contributed by atoms with Crippen LogP contribution in [-0.2, 0) is 20.1 Å². The molecule has 4 aromatic carbocycles. The van der Waals surface area contributed by atoms with Crippen molar-refractivity contribution in [1.29, 1.82) is 0 Å². The Balaban J connectivity index is 0.00000225. The van der Waals surface area contributed by atoms with Gasteiger partial charge in [0.2, 0.25) is 0 Å². The van der Waals surface area contributed by atoms with E-state index in [9.17, 15) is 0 Å². The second-order valence-electron chi connectivity index (χ2n) is 13.8. The maximum Gasteiger partial charge on any atom is 3.00 e. The molecule has 0 radical (unpaired) electrons. The van der Waals surface area contributed by atoms with Gasteiger partial charge >= 0.3 is 20.1 Å². The predicted molar refractivity (Wildman–Crippen MR) is 224 cm³/mol. The molecule has 264 valence electrons. The summed E-state index contributed by atoms with van der Waals surface area (Å²) in [6, 6.07) is 43.0. The van der Waals surface area contributed by atoms with Gasteiger partial charge in [0.1, 0.15) is 0 Å². The van der Waals surface area contributed by atoms with E-state index >= 15 is 0 Å². The molecule has 2 aliphatic rings. The van der Waals surface area contributed by atoms with Gasteiger partial charge in [0.05, 0.1) is 22.8 Å². The van der Waals surface area contributed by atoms with Crippen molar-refractivity contribution in [3.05, 3.63) is 174 Å². The summed E-state index contributed by atoms with van der Waals surface area (Å²) in [6.45, 7) is 8.45. The molecule has 3 aromatic heterocycles. The Bertz CT molecular complexity index is 2350. The molecule has 9 rings (SSSR count). The van der Waals surface area contributed by atoms with Crippen molar-refractivity contribution >= 4 is 46.4 Å². The number of benzene rings is 4. The topological polar surface area (TPSA) is 54.0 Å². The zero-order chi connectivity index (χ0) is 35.3. The van der Waals surface area contributed by atoms with Gasteiger partial charge in [-0.15, -0.1) is 22.1 Å². The van der Waals surface area contributed by atoms with E-state index in [1.165, 1.54) is 22.3 Å². The molecule has 5 heteroatoms. The Hall–Kier alpha value is -5.87. The van der Waals surface area contributed by atoms with Crippen LogP contribution in [0.3, 0.4) is 0 Å². The third kappa shape index (κ3) is 6.73. The van der Waals surface area contributed by atoms with Crippen LogP contribution in [0.4, 0.5) is 0 Å². The van der Waals surface area contributed by atoms with E-state index in [0.29, 0.717) is 0 Å². The summed E-state index contributed by atoms with van der Waals surface area (Å²) in [7, 11) is 0. The molecule has 2 aliphatic heterocycles. The first kappa shape index (κ1) is 36.5. The van der Waals surface area contributed by atoms with E-state index in [0.717, 1.165) is 89.4 Å². The van der Waals surface area contributed by atoms with Crippen molar-refractivity contribution in [2.24, 2.45) is 0 Å². The third-order valence-electron chi connectivity index (χ3n) is 9.97. The van der Waals surface area contributed by atoms with Crippen LogP contribution in [0.5, 0.6) is 0 Å². The maximum atomic E-state index is 5.37. The number of aromatic nitrogens is 4. The summed E-state index contributed by atoms with van der Waals surface area (Å²) in [6.07, 6.45) is 8.48. The van der Waals surface area contributed by atoms with Crippen LogP contribution in [0, 0.1) is 35.1 Å². The van der Waals surface area contributed by atoms with Crippen LogP contribution < -0.4 is 9.97 Å². The molecule has 8 bridgehead atoms. The molecular weight excluding hydrogens is 837 g/mol. The van der Waals surface area contributed by atoms with E-state index in [2.05, 4.69) is 173 Å². The van der Waals surface area contributed by atoms with Crippen molar-refractivity contribution in [2.45, 2.75) is 27.7 Å². The number of rotatable bonds is 4. The third-order valence-corrected chi connectivity index (χ3v) is 9.97. The Labute approximate surface area is 330 Å². The maximum absolute atomic E-state index is 5.37. The first-order valence-electron chi connectivity index (χ1n) is 17.7. The Kier molecular flexibility index (Phi) is 10.0. The molecule has 0 saturated carbocycles. The van der Waals surface area contributed by atoms with Crippen molar-refractivity contribution in [1.82, 2.24) is 19.9 Å². The summed E-state index contributed by atoms with van der Waals surface area (Å²) in [5.74, 6) is 0. The Morgan fingerprint density at radius 1 is 0.315 bits per heavy atom. The summed E-state index contributed by atoms with van der Waals surface area (Å²) in [5.41, 5.74) is 19.9. The number of nitrogens with zero attached hydrogens (tertiary/aromatic N) is 4. The first-order chi connectivity index (χ1) is 25.4. The quantitative estimate of drug-likeness (QED) is 0.165. The zero-order valence-corrected chi connectivity index (χ0v) is 33.4. The van der Waals surface area contributed by atoms with Crippen molar-refractivity contribution in [3.63, 3.8) is 0 Å². The second kappa shape index (κ2) is 14.9. The number of fused-ring (bicyclic) bond motifs is 8. The minimum absolute atomic E-state index is 0. The number of hydrogen-bond donors (Lipinski definition) is 0. The summed E-state index contributed by atoms with van der Waals surface area (Å²) in [5, 5.41) is 0. The van der Waals surface area contributed by atoms with Gasteiger partial charge < -0.3 is 17.4 Å². The summed E-state index contributed by atoms with van der Waals surface area (Å²) in [4.78, 5) is 21.5. The molecule has 0 unspecified atom stereocenters. The standard InChI is InChI=1S/C48H36N4.CH3.Ir/c1-29-5-13-33(14-6-29)45-37-21-23-39(49-37)46(34-15-7-30(2)8-16-34)41-25-27-43(51-41)48(36-19-11-32(4)12-20-36)44-28-26-42(52-44)47(40-24-22-38(45)50-40)35-17-9-31(3)10-18-35;;/h5-28H,1-4H3;1H3;/q-2;-1;+3. The molecule has 0 N–H and O–H groups in total. The molecular formula is C49H39IrN4. The average Bonchev–Trinajstić information content (AvgIpc) is 3.99. The molecule has 0 fully saturated rings. The fraction of sp³-hybridized carbons (Fsp3) is 0.0816. The van der Waals surface area contributed by atoms with Gasteiger partial charge in [0, 0.05) is 0 Å². The normalized spacial score (nSPS) is 11.6. The van der Waals surface area contributed by atoms with Gasteiger partial charge in [-0.2, -0.15) is 0 Å². The zero-order valence-electron chi connectivity index (χ0n) is 31.0. The molecule has 54 heavy (non-hydrogen) atoms. The van der Waals surface area contributed by atoms with Crippen molar-refractivity contribution in [3.8, 4) is 44.5 Å². The molecule has 0 atom stereocenters. The van der Waals surface area contributed by atoms with Gasteiger partial charge in [-0.25, -0.2) is 9.97 Å². The minimum atomic E-state index is 0. The molecule has 0 spiro atoms. The Morgan fingerprint density at radius 3 is 0.722 bits per heavy atom. The monoisotopic (exact) mass is 876 g/mol. The van der Waals surface area contributed by atoms with E-state index in [1.807, 2.05) is 0 Å². The molecule has 7 aromatic rings. The van der Waals surface area contributed by atoms with Crippen LogP contribution >= 0.6 is 0 Å². The van der Waals surface area contributed by atoms with Crippen LogP contribution in [-0.4, -0.2) is 9.97 Å². The number of aryl methyl sites for hydroxylation is 4. The predicted octanol–water partition coefficient (Wildman–Crippen LogP) is 12.3.